The van der Waals surface area contributed by atoms with Gasteiger partial charge >= 0.3 is 0 Å². The number of benzene rings is 1. The van der Waals surface area contributed by atoms with Crippen molar-refractivity contribution in [3.8, 4) is 11.3 Å². The minimum atomic E-state index is -0.870. The Balaban J connectivity index is 1.87. The third-order valence-corrected chi connectivity index (χ3v) is 5.10. The quantitative estimate of drug-likeness (QED) is 0.493. The monoisotopic (exact) mass is 377 g/mol. The van der Waals surface area contributed by atoms with Crippen LogP contribution in [0.5, 0.6) is 0 Å². The van der Waals surface area contributed by atoms with Crippen molar-refractivity contribution in [3.63, 3.8) is 0 Å². The summed E-state index contributed by atoms with van der Waals surface area (Å²) in [6.45, 7) is 7.64. The van der Waals surface area contributed by atoms with Gasteiger partial charge in [0.25, 0.3) is 0 Å². The van der Waals surface area contributed by atoms with Crippen LogP contribution in [-0.2, 0) is 12.0 Å². The summed E-state index contributed by atoms with van der Waals surface area (Å²) in [5.74, 6) is 0.974. The van der Waals surface area contributed by atoms with Crippen molar-refractivity contribution in [1.82, 2.24) is 19.4 Å². The first-order valence-electron chi connectivity index (χ1n) is 9.59. The summed E-state index contributed by atoms with van der Waals surface area (Å²) < 4.78 is 2.17. The number of nitrogens with zero attached hydrogens (tertiary/aromatic N) is 3. The van der Waals surface area contributed by atoms with Gasteiger partial charge in [0, 0.05) is 23.7 Å². The van der Waals surface area contributed by atoms with Gasteiger partial charge in [-0.2, -0.15) is 0 Å². The molecule has 1 aromatic carbocycles. The van der Waals surface area contributed by atoms with Gasteiger partial charge in [-0.15, -0.1) is 0 Å². The molecule has 0 atom stereocenters. The van der Waals surface area contributed by atoms with E-state index in [1.165, 1.54) is 0 Å². The third-order valence-electron chi connectivity index (χ3n) is 5.10. The van der Waals surface area contributed by atoms with Crippen LogP contribution < -0.4 is 5.73 Å². The molecule has 0 aliphatic rings. The fraction of sp³-hybridized carbons (Fsp3) is 0.364. The van der Waals surface area contributed by atoms with Crippen molar-refractivity contribution in [2.24, 2.45) is 5.73 Å². The zero-order valence-corrected chi connectivity index (χ0v) is 16.8. The smallest absolute Gasteiger partial charge is 0.154 e. The van der Waals surface area contributed by atoms with E-state index < -0.39 is 5.60 Å². The van der Waals surface area contributed by atoms with Gasteiger partial charge < -0.3 is 15.8 Å². The van der Waals surface area contributed by atoms with Crippen molar-refractivity contribution >= 4 is 16.7 Å². The van der Waals surface area contributed by atoms with E-state index >= 15 is 0 Å². The molecule has 6 nitrogen and oxygen atoms in total. The van der Waals surface area contributed by atoms with Crippen LogP contribution in [0.2, 0.25) is 0 Å². The number of aliphatic hydroxyl groups is 1. The molecule has 28 heavy (non-hydrogen) atoms. The fourth-order valence-corrected chi connectivity index (χ4v) is 3.48. The summed E-state index contributed by atoms with van der Waals surface area (Å²) in [4.78, 5) is 12.7. The lowest BCUT2D eigenvalue weighted by atomic mass is 9.97. The Labute approximate surface area is 164 Å². The number of hydrogen-bond acceptors (Lipinski definition) is 4. The zero-order chi connectivity index (χ0) is 20.1. The second-order valence-electron chi connectivity index (χ2n) is 8.69. The molecule has 4 N–H and O–H groups in total. The Morgan fingerprint density at radius 2 is 1.79 bits per heavy atom. The number of aromatic amines is 1. The van der Waals surface area contributed by atoms with Crippen molar-refractivity contribution in [2.75, 3.05) is 0 Å². The number of aromatic nitrogens is 4. The molecule has 0 spiro atoms. The number of fused-ring (bicyclic) bond motifs is 3. The van der Waals surface area contributed by atoms with Gasteiger partial charge in [-0.3, -0.25) is 4.40 Å². The molecule has 3 heterocycles. The molecule has 0 bridgehead atoms. The predicted octanol–water partition coefficient (Wildman–Crippen LogP) is 3.77. The number of hydrogen-bond donors (Lipinski definition) is 3. The Hall–Kier alpha value is -2.70. The van der Waals surface area contributed by atoms with E-state index in [2.05, 4.69) is 14.4 Å². The second-order valence-corrected chi connectivity index (χ2v) is 8.69. The van der Waals surface area contributed by atoms with Crippen molar-refractivity contribution in [3.05, 3.63) is 54.1 Å². The van der Waals surface area contributed by atoms with Crippen molar-refractivity contribution in [1.29, 1.82) is 0 Å². The standard InChI is InChI=1S/C22H27N5O/c1-21(2,23)11-9-18-26-19(14-5-7-15(8-6-14)22(3,4)28)17-13-25-20-16(27(17)18)10-12-24-20/h5-8,10,12-13,24,28H,9,11,23H2,1-4H3. The Morgan fingerprint density at radius 3 is 2.43 bits per heavy atom. The van der Waals surface area contributed by atoms with Crippen LogP contribution in [0.3, 0.4) is 0 Å². The molecule has 0 amide bonds. The number of nitrogens with one attached hydrogen (secondary N) is 1. The van der Waals surface area contributed by atoms with E-state index in [1.54, 1.807) is 13.8 Å². The SMILES string of the molecule is CC(C)(N)CCc1nc(-c2ccc(C(C)(C)O)cc2)c2cnc3[nH]ccc3n12. The normalized spacial score (nSPS) is 12.9. The van der Waals surface area contributed by atoms with Crippen LogP contribution in [0, 0.1) is 0 Å². The van der Waals surface area contributed by atoms with Gasteiger partial charge in [0.05, 0.1) is 28.5 Å². The van der Waals surface area contributed by atoms with E-state index in [0.29, 0.717) is 0 Å². The third kappa shape index (κ3) is 3.41. The van der Waals surface area contributed by atoms with E-state index in [1.807, 2.05) is 56.6 Å². The summed E-state index contributed by atoms with van der Waals surface area (Å²) in [5.41, 5.74) is 10.7. The molecule has 0 saturated carbocycles. The highest BCUT2D eigenvalue weighted by atomic mass is 16.3. The van der Waals surface area contributed by atoms with E-state index in [9.17, 15) is 5.11 Å². The minimum Gasteiger partial charge on any atom is -0.386 e. The highest BCUT2D eigenvalue weighted by Crippen LogP contribution is 2.30. The Morgan fingerprint density at radius 1 is 1.07 bits per heavy atom. The molecule has 0 radical (unpaired) electrons. The van der Waals surface area contributed by atoms with Crippen LogP contribution in [0.15, 0.2) is 42.7 Å². The lowest BCUT2D eigenvalue weighted by Gasteiger charge is -2.17. The lowest BCUT2D eigenvalue weighted by Crippen LogP contribution is -2.32. The van der Waals surface area contributed by atoms with Gasteiger partial charge in [-0.1, -0.05) is 24.3 Å². The number of imidazole rings is 1. The Kier molecular flexibility index (Phi) is 4.28. The maximum atomic E-state index is 10.2. The topological polar surface area (TPSA) is 92.2 Å². The van der Waals surface area contributed by atoms with Gasteiger partial charge in [0.1, 0.15) is 5.82 Å². The summed E-state index contributed by atoms with van der Waals surface area (Å²) in [5, 5.41) is 10.2. The van der Waals surface area contributed by atoms with Gasteiger partial charge in [0.2, 0.25) is 0 Å². The van der Waals surface area contributed by atoms with Crippen LogP contribution in [-0.4, -0.2) is 30.0 Å². The molecule has 3 aromatic heterocycles. The average molecular weight is 377 g/mol. The molecule has 4 rings (SSSR count). The minimum absolute atomic E-state index is 0.259. The largest absolute Gasteiger partial charge is 0.386 e. The van der Waals surface area contributed by atoms with Crippen LogP contribution in [0.4, 0.5) is 0 Å². The first-order valence-corrected chi connectivity index (χ1v) is 9.59. The highest BCUT2D eigenvalue weighted by molar-refractivity contribution is 5.84. The molecule has 4 aromatic rings. The maximum Gasteiger partial charge on any atom is 0.154 e. The van der Waals surface area contributed by atoms with Gasteiger partial charge in [-0.05, 0) is 45.7 Å². The van der Waals surface area contributed by atoms with E-state index in [4.69, 9.17) is 10.7 Å². The summed E-state index contributed by atoms with van der Waals surface area (Å²) in [6.07, 6.45) is 5.36. The van der Waals surface area contributed by atoms with Crippen LogP contribution in [0.25, 0.3) is 27.9 Å². The summed E-state index contributed by atoms with van der Waals surface area (Å²) in [7, 11) is 0. The molecule has 0 fully saturated rings. The highest BCUT2D eigenvalue weighted by Gasteiger charge is 2.20. The molecular weight excluding hydrogens is 350 g/mol. The molecule has 6 heteroatoms. The predicted molar refractivity (Wildman–Crippen MR) is 112 cm³/mol. The molecule has 0 aliphatic heterocycles. The Bertz CT molecular complexity index is 1120. The van der Waals surface area contributed by atoms with E-state index in [-0.39, 0.29) is 5.54 Å². The number of H-pyrrole nitrogens is 1. The van der Waals surface area contributed by atoms with Gasteiger partial charge in [-0.25, -0.2) is 9.97 Å². The van der Waals surface area contributed by atoms with Gasteiger partial charge in [0.15, 0.2) is 5.65 Å². The molecule has 146 valence electrons. The molecule has 0 saturated heterocycles. The number of nitrogens with two attached hydrogens (primary N) is 1. The lowest BCUT2D eigenvalue weighted by molar-refractivity contribution is 0.0786. The number of rotatable bonds is 5. The molecule has 0 aliphatic carbocycles. The average Bonchev–Trinajstić information content (AvgIpc) is 3.22. The second kappa shape index (κ2) is 6.43. The van der Waals surface area contributed by atoms with Crippen molar-refractivity contribution < 1.29 is 5.11 Å². The van der Waals surface area contributed by atoms with Crippen LogP contribution in [0.1, 0.15) is 45.5 Å². The first-order chi connectivity index (χ1) is 13.1. The number of aryl methyl sites for hydroxylation is 1. The molecular formula is C22H27N5O. The first kappa shape index (κ1) is 18.7. The van der Waals surface area contributed by atoms with Crippen molar-refractivity contribution in [2.45, 2.75) is 51.7 Å². The summed E-state index contributed by atoms with van der Waals surface area (Å²) >= 11 is 0. The van der Waals surface area contributed by atoms with Crippen LogP contribution >= 0.6 is 0 Å². The molecule has 0 unspecified atom stereocenters. The fourth-order valence-electron chi connectivity index (χ4n) is 3.48. The summed E-state index contributed by atoms with van der Waals surface area (Å²) in [6, 6.07) is 9.94. The zero-order valence-electron chi connectivity index (χ0n) is 16.8. The van der Waals surface area contributed by atoms with E-state index in [0.717, 1.165) is 52.2 Å². The maximum absolute atomic E-state index is 10.2.